The van der Waals surface area contributed by atoms with Crippen LogP contribution in [0.15, 0.2) is 168 Å². The van der Waals surface area contributed by atoms with Gasteiger partial charge < -0.3 is 4.42 Å². The summed E-state index contributed by atoms with van der Waals surface area (Å²) in [6.07, 6.45) is 0. The molecule has 0 saturated heterocycles. The van der Waals surface area contributed by atoms with E-state index in [-0.39, 0.29) is 0 Å². The molecule has 7 aromatic carbocycles. The highest BCUT2D eigenvalue weighted by atomic mass is 32.1. The fourth-order valence-corrected chi connectivity index (χ4v) is 8.17. The molecule has 0 atom stereocenters. The zero-order valence-corrected chi connectivity index (χ0v) is 27.6. The second-order valence-corrected chi connectivity index (χ2v) is 13.4. The number of nitrogens with zero attached hydrogens (tertiary/aromatic N) is 3. The van der Waals surface area contributed by atoms with Crippen LogP contribution >= 0.6 is 11.3 Å². The smallest absolute Gasteiger partial charge is 0.164 e. The van der Waals surface area contributed by atoms with Crippen molar-refractivity contribution in [1.82, 2.24) is 15.0 Å². The lowest BCUT2D eigenvalue weighted by molar-refractivity contribution is 0.670. The third kappa shape index (κ3) is 4.71. The fraction of sp³-hybridized carbons (Fsp3) is 0. The molecule has 0 unspecified atom stereocenters. The topological polar surface area (TPSA) is 51.8 Å². The zero-order chi connectivity index (χ0) is 33.0. The maximum atomic E-state index is 6.57. The van der Waals surface area contributed by atoms with E-state index >= 15 is 0 Å². The van der Waals surface area contributed by atoms with Gasteiger partial charge in [0.2, 0.25) is 0 Å². The van der Waals surface area contributed by atoms with Gasteiger partial charge in [-0.2, -0.15) is 0 Å². The van der Waals surface area contributed by atoms with Gasteiger partial charge in [0, 0.05) is 53.2 Å². The lowest BCUT2D eigenvalue weighted by Crippen LogP contribution is -2.01. The van der Waals surface area contributed by atoms with Crippen LogP contribution in [0.5, 0.6) is 0 Å². The Balaban J connectivity index is 1.28. The van der Waals surface area contributed by atoms with Crippen LogP contribution in [0.25, 0.3) is 98.5 Å². The molecular weight excluding hydrogens is 631 g/mol. The van der Waals surface area contributed by atoms with Gasteiger partial charge >= 0.3 is 0 Å². The van der Waals surface area contributed by atoms with Gasteiger partial charge in [0.05, 0.1) is 0 Å². The molecule has 4 nitrogen and oxygen atoms in total. The van der Waals surface area contributed by atoms with Crippen LogP contribution in [0.4, 0.5) is 0 Å². The third-order valence-electron chi connectivity index (χ3n) is 9.37. The maximum Gasteiger partial charge on any atom is 0.164 e. The molecule has 234 valence electrons. The highest BCUT2D eigenvalue weighted by Gasteiger charge is 2.21. The van der Waals surface area contributed by atoms with Crippen molar-refractivity contribution < 1.29 is 4.42 Å². The Morgan fingerprint density at radius 2 is 0.980 bits per heavy atom. The number of aromatic nitrogens is 3. The third-order valence-corrected chi connectivity index (χ3v) is 10.5. The molecule has 0 aliphatic heterocycles. The molecule has 0 fully saturated rings. The fourth-order valence-electron chi connectivity index (χ4n) is 7.04. The molecule has 5 heteroatoms. The van der Waals surface area contributed by atoms with E-state index in [2.05, 4.69) is 91.0 Å². The molecule has 0 amide bonds. The summed E-state index contributed by atoms with van der Waals surface area (Å²) in [5.41, 5.74) is 8.72. The van der Waals surface area contributed by atoms with Crippen LogP contribution in [-0.2, 0) is 0 Å². The second-order valence-electron chi connectivity index (χ2n) is 12.4. The first-order valence-electron chi connectivity index (χ1n) is 16.6. The van der Waals surface area contributed by atoms with Gasteiger partial charge in [-0.25, -0.2) is 15.0 Å². The van der Waals surface area contributed by atoms with E-state index in [0.29, 0.717) is 17.5 Å². The number of hydrogen-bond donors (Lipinski definition) is 0. The molecule has 10 rings (SSSR count). The number of benzene rings is 7. The van der Waals surface area contributed by atoms with Gasteiger partial charge in [0.1, 0.15) is 11.2 Å². The first-order chi connectivity index (χ1) is 24.8. The van der Waals surface area contributed by atoms with Crippen molar-refractivity contribution in [2.75, 3.05) is 0 Å². The quantitative estimate of drug-likeness (QED) is 0.185. The van der Waals surface area contributed by atoms with Gasteiger partial charge in [-0.1, -0.05) is 140 Å². The summed E-state index contributed by atoms with van der Waals surface area (Å²) in [6.45, 7) is 0. The number of fused-ring (bicyclic) bond motifs is 6. The molecule has 0 radical (unpaired) electrons. The second kappa shape index (κ2) is 11.6. The summed E-state index contributed by atoms with van der Waals surface area (Å²) in [6, 6.07) is 56.7. The Morgan fingerprint density at radius 3 is 1.76 bits per heavy atom. The number of thiophene rings is 1. The van der Waals surface area contributed by atoms with Gasteiger partial charge in [0.15, 0.2) is 17.5 Å². The molecule has 3 aromatic heterocycles. The van der Waals surface area contributed by atoms with Crippen molar-refractivity contribution in [3.8, 4) is 56.4 Å². The molecule has 3 heterocycles. The number of rotatable bonds is 5. The normalized spacial score (nSPS) is 11.6. The minimum Gasteiger partial charge on any atom is -0.455 e. The summed E-state index contributed by atoms with van der Waals surface area (Å²) in [7, 11) is 0. The monoisotopic (exact) mass is 657 g/mol. The molecule has 0 aliphatic carbocycles. The van der Waals surface area contributed by atoms with E-state index in [1.54, 1.807) is 0 Å². The predicted molar refractivity (Wildman–Crippen MR) is 207 cm³/mol. The Morgan fingerprint density at radius 1 is 0.380 bits per heavy atom. The largest absolute Gasteiger partial charge is 0.455 e. The SMILES string of the molecule is c1ccc(-c2nc(-c3ccccc3)nc(-c3cc(-c4cccc5sc6ccccc6c45)ccc3-c3cccc4c3oc3ccccc34)n2)cc1. The van der Waals surface area contributed by atoms with Gasteiger partial charge in [0.25, 0.3) is 0 Å². The van der Waals surface area contributed by atoms with E-state index in [1.165, 1.54) is 25.7 Å². The van der Waals surface area contributed by atoms with Crippen molar-refractivity contribution in [3.63, 3.8) is 0 Å². The van der Waals surface area contributed by atoms with E-state index in [4.69, 9.17) is 19.4 Å². The summed E-state index contributed by atoms with van der Waals surface area (Å²) in [5, 5.41) is 4.69. The molecular formula is C45H27N3OS. The van der Waals surface area contributed by atoms with Crippen LogP contribution in [0, 0.1) is 0 Å². The average molecular weight is 658 g/mol. The lowest BCUT2D eigenvalue weighted by Gasteiger charge is -2.15. The van der Waals surface area contributed by atoms with Crippen molar-refractivity contribution in [3.05, 3.63) is 164 Å². The Kier molecular flexibility index (Phi) is 6.64. The number of hydrogen-bond acceptors (Lipinski definition) is 5. The summed E-state index contributed by atoms with van der Waals surface area (Å²) < 4.78 is 9.12. The van der Waals surface area contributed by atoms with E-state index in [1.807, 2.05) is 84.1 Å². The summed E-state index contributed by atoms with van der Waals surface area (Å²) in [4.78, 5) is 15.4. The van der Waals surface area contributed by atoms with Crippen molar-refractivity contribution in [2.45, 2.75) is 0 Å². The van der Waals surface area contributed by atoms with E-state index in [9.17, 15) is 0 Å². The molecule has 0 aliphatic rings. The van der Waals surface area contributed by atoms with Crippen molar-refractivity contribution in [2.24, 2.45) is 0 Å². The van der Waals surface area contributed by atoms with Crippen LogP contribution in [0.1, 0.15) is 0 Å². The first-order valence-corrected chi connectivity index (χ1v) is 17.4. The standard InChI is InChI=1S/C45H27N3OS/c1-3-13-28(14-4-1)43-46-44(29-15-5-2-6-16-29)48-45(47-43)37-27-30(31-19-12-24-40-41(31)36-18-8-10-23-39(36)50-40)25-26-32(37)34-20-11-21-35-33-17-7-9-22-38(33)49-42(34)35/h1-27H. The highest BCUT2D eigenvalue weighted by Crippen LogP contribution is 2.44. The first kappa shape index (κ1) is 28.6. The zero-order valence-electron chi connectivity index (χ0n) is 26.7. The molecule has 0 saturated carbocycles. The van der Waals surface area contributed by atoms with E-state index < -0.39 is 0 Å². The van der Waals surface area contributed by atoms with Crippen LogP contribution in [0.2, 0.25) is 0 Å². The Bertz CT molecular complexity index is 2820. The molecule has 0 N–H and O–H groups in total. The van der Waals surface area contributed by atoms with Crippen LogP contribution < -0.4 is 0 Å². The number of para-hydroxylation sites is 2. The Labute approximate surface area is 292 Å². The average Bonchev–Trinajstić information content (AvgIpc) is 3.77. The van der Waals surface area contributed by atoms with E-state index in [0.717, 1.165) is 55.3 Å². The van der Waals surface area contributed by atoms with Gasteiger partial charge in [-0.15, -0.1) is 11.3 Å². The van der Waals surface area contributed by atoms with Crippen LogP contribution in [-0.4, -0.2) is 15.0 Å². The molecule has 0 spiro atoms. The van der Waals surface area contributed by atoms with Crippen molar-refractivity contribution >= 4 is 53.4 Å². The van der Waals surface area contributed by atoms with Crippen LogP contribution in [0.3, 0.4) is 0 Å². The summed E-state index contributed by atoms with van der Waals surface area (Å²) >= 11 is 1.83. The maximum absolute atomic E-state index is 6.57. The van der Waals surface area contributed by atoms with Gasteiger partial charge in [-0.3, -0.25) is 0 Å². The van der Waals surface area contributed by atoms with Crippen molar-refractivity contribution in [1.29, 1.82) is 0 Å². The lowest BCUT2D eigenvalue weighted by atomic mass is 9.92. The Hall–Kier alpha value is -6.43. The summed E-state index contributed by atoms with van der Waals surface area (Å²) in [5.74, 6) is 1.85. The predicted octanol–water partition coefficient (Wildman–Crippen LogP) is 12.5. The highest BCUT2D eigenvalue weighted by molar-refractivity contribution is 7.25. The minimum atomic E-state index is 0.602. The molecule has 50 heavy (non-hydrogen) atoms. The number of furan rings is 1. The van der Waals surface area contributed by atoms with Gasteiger partial charge in [-0.05, 0) is 41.0 Å². The minimum absolute atomic E-state index is 0.602. The molecule has 0 bridgehead atoms. The molecule has 10 aromatic rings.